The maximum absolute atomic E-state index is 12.2. The Bertz CT molecular complexity index is 247. The zero-order valence-corrected chi connectivity index (χ0v) is 9.82. The monoisotopic (exact) mass is 226 g/mol. The van der Waals surface area contributed by atoms with Crippen LogP contribution in [-0.4, -0.2) is 41.1 Å². The molecule has 0 radical (unpaired) electrons. The van der Waals surface area contributed by atoms with Gasteiger partial charge in [-0.3, -0.25) is 4.79 Å². The second-order valence-electron chi connectivity index (χ2n) is 4.48. The zero-order valence-electron chi connectivity index (χ0n) is 9.82. The first-order valence-electron chi connectivity index (χ1n) is 5.94. The molecule has 0 aromatic heterocycles. The van der Waals surface area contributed by atoms with Crippen molar-refractivity contribution in [2.24, 2.45) is 5.73 Å². The molecule has 92 valence electrons. The molecule has 1 aliphatic rings. The second-order valence-corrected chi connectivity index (χ2v) is 4.48. The van der Waals surface area contributed by atoms with Crippen LogP contribution >= 0.6 is 0 Å². The van der Waals surface area contributed by atoms with Crippen LogP contribution in [0.1, 0.15) is 32.1 Å². The van der Waals surface area contributed by atoms with Gasteiger partial charge < -0.3 is 15.7 Å². The number of carbonyl (C=O) groups excluding carboxylic acids is 1. The SMILES string of the molecule is C=CCN(CCO)C(=O)C1(N)CCCCC1. The Balaban J connectivity index is 2.67. The minimum Gasteiger partial charge on any atom is -0.395 e. The molecule has 0 saturated heterocycles. The van der Waals surface area contributed by atoms with Gasteiger partial charge >= 0.3 is 0 Å². The van der Waals surface area contributed by atoms with Gasteiger partial charge in [0.25, 0.3) is 0 Å². The van der Waals surface area contributed by atoms with Gasteiger partial charge in [0.1, 0.15) is 0 Å². The van der Waals surface area contributed by atoms with Gasteiger partial charge in [-0.2, -0.15) is 0 Å². The van der Waals surface area contributed by atoms with Gasteiger partial charge in [0.15, 0.2) is 0 Å². The summed E-state index contributed by atoms with van der Waals surface area (Å²) in [5, 5.41) is 8.93. The first kappa shape index (κ1) is 13.2. The second kappa shape index (κ2) is 6.01. The summed E-state index contributed by atoms with van der Waals surface area (Å²) in [6.07, 6.45) is 6.37. The number of aliphatic hydroxyl groups is 1. The first-order chi connectivity index (χ1) is 7.64. The van der Waals surface area contributed by atoms with Crippen molar-refractivity contribution < 1.29 is 9.90 Å². The number of carbonyl (C=O) groups is 1. The predicted octanol–water partition coefficient (Wildman–Crippen LogP) is 0.655. The van der Waals surface area contributed by atoms with Crippen molar-refractivity contribution in [2.75, 3.05) is 19.7 Å². The average molecular weight is 226 g/mol. The van der Waals surface area contributed by atoms with E-state index < -0.39 is 5.54 Å². The molecule has 4 heteroatoms. The molecule has 0 atom stereocenters. The molecular weight excluding hydrogens is 204 g/mol. The van der Waals surface area contributed by atoms with Gasteiger partial charge in [-0.1, -0.05) is 25.3 Å². The maximum Gasteiger partial charge on any atom is 0.243 e. The minimum atomic E-state index is -0.712. The number of aliphatic hydroxyl groups excluding tert-OH is 1. The molecule has 1 rings (SSSR count). The van der Waals surface area contributed by atoms with Crippen LogP contribution in [0, 0.1) is 0 Å². The number of amides is 1. The molecule has 16 heavy (non-hydrogen) atoms. The Kier molecular flexibility index (Phi) is 4.96. The van der Waals surface area contributed by atoms with E-state index in [0.29, 0.717) is 13.1 Å². The molecule has 0 bridgehead atoms. The minimum absolute atomic E-state index is 0.0321. The Morgan fingerprint density at radius 3 is 2.56 bits per heavy atom. The molecule has 0 aliphatic heterocycles. The first-order valence-corrected chi connectivity index (χ1v) is 5.94. The number of nitrogens with two attached hydrogens (primary N) is 1. The highest BCUT2D eigenvalue weighted by Gasteiger charge is 2.37. The third-order valence-corrected chi connectivity index (χ3v) is 3.18. The van der Waals surface area contributed by atoms with Crippen LogP contribution in [-0.2, 0) is 4.79 Å². The Morgan fingerprint density at radius 2 is 2.06 bits per heavy atom. The fourth-order valence-electron chi connectivity index (χ4n) is 2.26. The van der Waals surface area contributed by atoms with Crippen LogP contribution in [0.5, 0.6) is 0 Å². The van der Waals surface area contributed by atoms with Crippen LogP contribution in [0.3, 0.4) is 0 Å². The number of hydrogen-bond donors (Lipinski definition) is 2. The largest absolute Gasteiger partial charge is 0.395 e. The molecule has 1 aliphatic carbocycles. The van der Waals surface area contributed by atoms with E-state index in [1.54, 1.807) is 11.0 Å². The van der Waals surface area contributed by atoms with Crippen LogP contribution in [0.4, 0.5) is 0 Å². The molecule has 0 spiro atoms. The fourth-order valence-corrected chi connectivity index (χ4v) is 2.26. The van der Waals surface area contributed by atoms with E-state index in [1.165, 1.54) is 0 Å². The molecule has 3 N–H and O–H groups in total. The van der Waals surface area contributed by atoms with E-state index in [1.807, 2.05) is 0 Å². The van der Waals surface area contributed by atoms with E-state index in [0.717, 1.165) is 32.1 Å². The molecule has 0 aromatic carbocycles. The summed E-state index contributed by atoms with van der Waals surface area (Å²) in [5.41, 5.74) is 5.45. The lowest BCUT2D eigenvalue weighted by Gasteiger charge is -2.36. The maximum atomic E-state index is 12.2. The molecule has 1 fully saturated rings. The van der Waals surface area contributed by atoms with Crippen LogP contribution in [0.25, 0.3) is 0 Å². The summed E-state index contributed by atoms with van der Waals surface area (Å²) in [5.74, 6) is -0.0406. The summed E-state index contributed by atoms with van der Waals surface area (Å²) in [6, 6.07) is 0. The third kappa shape index (κ3) is 3.06. The molecule has 1 saturated carbocycles. The smallest absolute Gasteiger partial charge is 0.243 e. The van der Waals surface area contributed by atoms with E-state index >= 15 is 0 Å². The highest BCUT2D eigenvalue weighted by molar-refractivity contribution is 5.86. The Morgan fingerprint density at radius 1 is 1.44 bits per heavy atom. The summed E-state index contributed by atoms with van der Waals surface area (Å²) >= 11 is 0. The van der Waals surface area contributed by atoms with Crippen LogP contribution in [0.2, 0.25) is 0 Å². The Labute approximate surface area is 97.1 Å². The third-order valence-electron chi connectivity index (χ3n) is 3.18. The number of rotatable bonds is 5. The van der Waals surface area contributed by atoms with Crippen molar-refractivity contribution in [3.05, 3.63) is 12.7 Å². The van der Waals surface area contributed by atoms with E-state index in [2.05, 4.69) is 6.58 Å². The number of hydrogen-bond acceptors (Lipinski definition) is 3. The van der Waals surface area contributed by atoms with Gasteiger partial charge in [-0.15, -0.1) is 6.58 Å². The highest BCUT2D eigenvalue weighted by Crippen LogP contribution is 2.27. The fraction of sp³-hybridized carbons (Fsp3) is 0.750. The molecular formula is C12H22N2O2. The predicted molar refractivity (Wildman–Crippen MR) is 63.9 cm³/mol. The van der Waals surface area contributed by atoms with Gasteiger partial charge in [0.05, 0.1) is 12.1 Å². The zero-order chi connectivity index (χ0) is 12.0. The molecule has 0 heterocycles. The summed E-state index contributed by atoms with van der Waals surface area (Å²) < 4.78 is 0. The lowest BCUT2D eigenvalue weighted by Crippen LogP contribution is -2.56. The summed E-state index contributed by atoms with van der Waals surface area (Å²) in [4.78, 5) is 13.8. The lowest BCUT2D eigenvalue weighted by molar-refractivity contribution is -0.138. The van der Waals surface area contributed by atoms with E-state index in [4.69, 9.17) is 10.8 Å². The van der Waals surface area contributed by atoms with Crippen LogP contribution in [0.15, 0.2) is 12.7 Å². The lowest BCUT2D eigenvalue weighted by atomic mass is 9.81. The van der Waals surface area contributed by atoms with Crippen molar-refractivity contribution in [1.29, 1.82) is 0 Å². The van der Waals surface area contributed by atoms with Gasteiger partial charge in [0.2, 0.25) is 5.91 Å². The standard InChI is InChI=1S/C12H22N2O2/c1-2-8-14(9-10-15)11(16)12(13)6-4-3-5-7-12/h2,15H,1,3-10,13H2. The summed E-state index contributed by atoms with van der Waals surface area (Å²) in [7, 11) is 0. The van der Waals surface area contributed by atoms with Crippen molar-refractivity contribution in [2.45, 2.75) is 37.6 Å². The highest BCUT2D eigenvalue weighted by atomic mass is 16.3. The molecule has 0 aromatic rings. The molecule has 4 nitrogen and oxygen atoms in total. The molecule has 0 unspecified atom stereocenters. The quantitative estimate of drug-likeness (QED) is 0.677. The average Bonchev–Trinajstić information content (AvgIpc) is 2.29. The normalized spacial score (nSPS) is 19.1. The topological polar surface area (TPSA) is 66.6 Å². The van der Waals surface area contributed by atoms with E-state index in [-0.39, 0.29) is 12.5 Å². The van der Waals surface area contributed by atoms with Gasteiger partial charge in [-0.05, 0) is 12.8 Å². The van der Waals surface area contributed by atoms with Crippen LogP contribution < -0.4 is 5.73 Å². The molecule has 1 amide bonds. The summed E-state index contributed by atoms with van der Waals surface area (Å²) in [6.45, 7) is 4.38. The number of nitrogens with zero attached hydrogens (tertiary/aromatic N) is 1. The Hall–Kier alpha value is -0.870. The van der Waals surface area contributed by atoms with Crippen molar-refractivity contribution in [3.63, 3.8) is 0 Å². The van der Waals surface area contributed by atoms with Crippen molar-refractivity contribution >= 4 is 5.91 Å². The van der Waals surface area contributed by atoms with Gasteiger partial charge in [-0.25, -0.2) is 0 Å². The van der Waals surface area contributed by atoms with Crippen molar-refractivity contribution in [3.8, 4) is 0 Å². The van der Waals surface area contributed by atoms with Gasteiger partial charge in [0, 0.05) is 13.1 Å². The van der Waals surface area contributed by atoms with E-state index in [9.17, 15) is 4.79 Å². The van der Waals surface area contributed by atoms with Crippen molar-refractivity contribution in [1.82, 2.24) is 4.90 Å².